The van der Waals surface area contributed by atoms with Crippen LogP contribution in [0, 0.1) is 22.7 Å². The van der Waals surface area contributed by atoms with E-state index in [2.05, 4.69) is 13.8 Å². The van der Waals surface area contributed by atoms with Crippen molar-refractivity contribution in [1.82, 2.24) is 0 Å². The molecule has 3 saturated carbocycles. The Kier molecular flexibility index (Phi) is 7.82. The van der Waals surface area contributed by atoms with Crippen LogP contribution < -0.4 is 0 Å². The molecule has 0 heterocycles. The van der Waals surface area contributed by atoms with Gasteiger partial charge in [0, 0.05) is 24.9 Å². The van der Waals surface area contributed by atoms with E-state index in [9.17, 15) is 14.4 Å². The zero-order valence-corrected chi connectivity index (χ0v) is 23.0. The molecule has 9 heteroatoms. The first kappa shape index (κ1) is 27.8. The standard InChI is InChI=1S/C27H36Cl2O7/c1-17(30)35-15-23(32)26(36-16-34-12-11-33-4)10-8-20-21-6-5-18-13-19(31)7-9-24(18,2)27(21,29)22(28)14-25(20,26)3/h7,9,13,20-22H,5-6,8,10-12,14-16H2,1-4H3/t20-,21-,22?,24-,25-,26-,27-/m0/s1. The Morgan fingerprint density at radius 2 is 1.92 bits per heavy atom. The van der Waals surface area contributed by atoms with Crippen molar-refractivity contribution in [3.05, 3.63) is 23.8 Å². The molecular formula is C27H36Cl2O7. The largest absolute Gasteiger partial charge is 0.458 e. The van der Waals surface area contributed by atoms with Crippen LogP contribution in [0.3, 0.4) is 0 Å². The SMILES string of the molecule is COCCOCO[C@]1(C(=O)COC(C)=O)CC[C@H]2[C@@H]3CCC4=CC(=O)C=C[C@]4(C)[C@@]3(Cl)C(Cl)C[C@@]21C. The average molecular weight is 543 g/mol. The van der Waals surface area contributed by atoms with Crippen LogP contribution >= 0.6 is 23.2 Å². The molecule has 0 spiro atoms. The molecule has 0 amide bonds. The fourth-order valence-electron chi connectivity index (χ4n) is 7.54. The predicted molar refractivity (Wildman–Crippen MR) is 135 cm³/mol. The Labute approximate surface area is 222 Å². The lowest BCUT2D eigenvalue weighted by Crippen LogP contribution is -2.68. The van der Waals surface area contributed by atoms with Gasteiger partial charge >= 0.3 is 5.97 Å². The summed E-state index contributed by atoms with van der Waals surface area (Å²) in [6.45, 7) is 5.70. The molecule has 7 nitrogen and oxygen atoms in total. The van der Waals surface area contributed by atoms with Crippen LogP contribution in [-0.2, 0) is 33.3 Å². The first-order chi connectivity index (χ1) is 17.0. The molecule has 0 saturated heterocycles. The summed E-state index contributed by atoms with van der Waals surface area (Å²) in [5.41, 5.74) is -1.40. The number of carbonyl (C=O) groups is 3. The first-order valence-electron chi connectivity index (χ1n) is 12.6. The van der Waals surface area contributed by atoms with Crippen molar-refractivity contribution in [3.8, 4) is 0 Å². The molecule has 0 aromatic carbocycles. The normalized spacial score (nSPS) is 41.2. The number of hydrogen-bond acceptors (Lipinski definition) is 7. The van der Waals surface area contributed by atoms with Crippen LogP contribution in [-0.4, -0.2) is 67.1 Å². The summed E-state index contributed by atoms with van der Waals surface area (Å²) in [6, 6.07) is 0. The fourth-order valence-corrected chi connectivity index (χ4v) is 8.77. The zero-order valence-electron chi connectivity index (χ0n) is 21.4. The van der Waals surface area contributed by atoms with E-state index < -0.39 is 32.7 Å². The van der Waals surface area contributed by atoms with Gasteiger partial charge in [0.1, 0.15) is 12.4 Å². The number of alkyl halides is 2. The van der Waals surface area contributed by atoms with E-state index >= 15 is 0 Å². The topological polar surface area (TPSA) is 88.1 Å². The molecule has 0 aromatic heterocycles. The average Bonchev–Trinajstić information content (AvgIpc) is 3.11. The molecule has 4 aliphatic rings. The maximum atomic E-state index is 13.7. The molecule has 36 heavy (non-hydrogen) atoms. The van der Waals surface area contributed by atoms with Gasteiger partial charge in [-0.05, 0) is 56.1 Å². The highest BCUT2D eigenvalue weighted by Gasteiger charge is 2.73. The molecule has 0 N–H and O–H groups in total. The van der Waals surface area contributed by atoms with Crippen LogP contribution in [0.25, 0.3) is 0 Å². The van der Waals surface area contributed by atoms with Crippen LogP contribution in [0.1, 0.15) is 52.9 Å². The minimum atomic E-state index is -1.22. The number of halogens is 2. The Morgan fingerprint density at radius 3 is 2.61 bits per heavy atom. The predicted octanol–water partition coefficient (Wildman–Crippen LogP) is 4.38. The lowest BCUT2D eigenvalue weighted by atomic mass is 9.46. The number of allylic oxidation sites excluding steroid dienone is 4. The van der Waals surface area contributed by atoms with Gasteiger partial charge in [0.15, 0.2) is 12.4 Å². The molecule has 0 bridgehead atoms. The molecule has 0 aromatic rings. The van der Waals surface area contributed by atoms with Gasteiger partial charge in [-0.1, -0.05) is 25.5 Å². The maximum absolute atomic E-state index is 13.7. The van der Waals surface area contributed by atoms with E-state index in [1.54, 1.807) is 19.3 Å². The quantitative estimate of drug-likeness (QED) is 0.185. The van der Waals surface area contributed by atoms with Gasteiger partial charge < -0.3 is 18.9 Å². The Hall–Kier alpha value is -1.25. The minimum absolute atomic E-state index is 0.00169. The third kappa shape index (κ3) is 4.10. The molecule has 200 valence electrons. The summed E-state index contributed by atoms with van der Waals surface area (Å²) in [4.78, 5) is 36.5. The third-order valence-electron chi connectivity index (χ3n) is 9.40. The van der Waals surface area contributed by atoms with Crippen molar-refractivity contribution in [2.24, 2.45) is 22.7 Å². The van der Waals surface area contributed by atoms with Crippen molar-refractivity contribution < 1.29 is 33.3 Å². The number of ether oxygens (including phenoxy) is 4. The van der Waals surface area contributed by atoms with Gasteiger partial charge in [-0.2, -0.15) is 0 Å². The number of methoxy groups -OCH3 is 1. The van der Waals surface area contributed by atoms with Crippen molar-refractivity contribution in [2.45, 2.75) is 68.7 Å². The van der Waals surface area contributed by atoms with Gasteiger partial charge in [-0.15, -0.1) is 23.2 Å². The minimum Gasteiger partial charge on any atom is -0.458 e. The second-order valence-corrected chi connectivity index (χ2v) is 12.1. The summed E-state index contributed by atoms with van der Waals surface area (Å²) in [5, 5.41) is -0.492. The Bertz CT molecular complexity index is 979. The lowest BCUT2D eigenvalue weighted by Gasteiger charge is -2.64. The summed E-state index contributed by atoms with van der Waals surface area (Å²) < 4.78 is 22.1. The smallest absolute Gasteiger partial charge is 0.303 e. The van der Waals surface area contributed by atoms with E-state index in [1.807, 2.05) is 6.08 Å². The summed E-state index contributed by atoms with van der Waals surface area (Å²) >= 11 is 14.8. The molecule has 1 unspecified atom stereocenters. The van der Waals surface area contributed by atoms with E-state index in [0.717, 1.165) is 24.8 Å². The maximum Gasteiger partial charge on any atom is 0.303 e. The highest BCUT2D eigenvalue weighted by Crippen LogP contribution is 2.72. The highest BCUT2D eigenvalue weighted by molar-refractivity contribution is 6.34. The molecule has 7 atom stereocenters. The zero-order chi connectivity index (χ0) is 26.4. The second kappa shape index (κ2) is 10.1. The summed E-state index contributed by atoms with van der Waals surface area (Å²) in [6.07, 6.45) is 8.37. The third-order valence-corrected chi connectivity index (χ3v) is 10.9. The molecule has 4 aliphatic carbocycles. The molecule has 4 rings (SSSR count). The highest BCUT2D eigenvalue weighted by atomic mass is 35.5. The Morgan fingerprint density at radius 1 is 1.17 bits per heavy atom. The molecule has 0 radical (unpaired) electrons. The summed E-state index contributed by atoms with van der Waals surface area (Å²) in [5.74, 6) is -0.775. The van der Waals surface area contributed by atoms with Gasteiger partial charge in [-0.25, -0.2) is 0 Å². The van der Waals surface area contributed by atoms with Crippen LogP contribution in [0.4, 0.5) is 0 Å². The van der Waals surface area contributed by atoms with Crippen LogP contribution in [0.5, 0.6) is 0 Å². The van der Waals surface area contributed by atoms with Crippen molar-refractivity contribution >= 4 is 40.7 Å². The molecule has 0 aliphatic heterocycles. The van der Waals surface area contributed by atoms with Crippen molar-refractivity contribution in [3.63, 3.8) is 0 Å². The van der Waals surface area contributed by atoms with Crippen LogP contribution in [0.2, 0.25) is 0 Å². The van der Waals surface area contributed by atoms with Gasteiger partial charge in [-0.3, -0.25) is 14.4 Å². The number of rotatable bonds is 9. The fraction of sp³-hybridized carbons (Fsp3) is 0.741. The molecular weight excluding hydrogens is 507 g/mol. The van der Waals surface area contributed by atoms with E-state index in [4.69, 9.17) is 42.1 Å². The molecule has 3 fully saturated rings. The Balaban J connectivity index is 1.69. The number of esters is 1. The second-order valence-electron chi connectivity index (χ2n) is 10.9. The van der Waals surface area contributed by atoms with E-state index in [-0.39, 0.29) is 36.8 Å². The summed E-state index contributed by atoms with van der Waals surface area (Å²) in [7, 11) is 1.58. The monoisotopic (exact) mass is 542 g/mol. The van der Waals surface area contributed by atoms with Crippen molar-refractivity contribution in [1.29, 1.82) is 0 Å². The van der Waals surface area contributed by atoms with E-state index in [1.165, 1.54) is 6.92 Å². The number of fused-ring (bicyclic) bond motifs is 5. The number of hydrogen-bond donors (Lipinski definition) is 0. The van der Waals surface area contributed by atoms with Gasteiger partial charge in [0.2, 0.25) is 5.78 Å². The lowest BCUT2D eigenvalue weighted by molar-refractivity contribution is -0.207. The van der Waals surface area contributed by atoms with Crippen LogP contribution in [0.15, 0.2) is 23.8 Å². The van der Waals surface area contributed by atoms with Crippen molar-refractivity contribution in [2.75, 3.05) is 33.7 Å². The van der Waals surface area contributed by atoms with Gasteiger partial charge in [0.05, 0.1) is 23.5 Å². The number of ketones is 2. The van der Waals surface area contributed by atoms with E-state index in [0.29, 0.717) is 26.1 Å². The number of carbonyl (C=O) groups excluding carboxylic acids is 3. The number of Topliss-reactive ketones (excluding diaryl/α,β-unsaturated/α-hetero) is 1. The first-order valence-corrected chi connectivity index (χ1v) is 13.4. The van der Waals surface area contributed by atoms with Gasteiger partial charge in [0.25, 0.3) is 0 Å².